The lowest BCUT2D eigenvalue weighted by atomic mass is 10.0. The molecule has 4 heteroatoms. The summed E-state index contributed by atoms with van der Waals surface area (Å²) in [4.78, 5) is 0. The molecule has 1 aliphatic heterocycles. The topological polar surface area (TPSA) is 70.5 Å². The Labute approximate surface area is 162 Å². The van der Waals surface area contributed by atoms with E-state index in [4.69, 9.17) is 20.9 Å². The number of rotatable bonds is 0. The van der Waals surface area contributed by atoms with E-state index in [1.54, 1.807) is 0 Å². The second kappa shape index (κ2) is 10.1. The molecule has 4 N–H and O–H groups in total. The first-order valence-corrected chi connectivity index (χ1v) is 10.3. The van der Waals surface area contributed by atoms with Crippen LogP contribution in [0.15, 0.2) is 36.4 Å². The second-order valence-corrected chi connectivity index (χ2v) is 7.39. The lowest BCUT2D eigenvalue weighted by Gasteiger charge is -2.16. The molecule has 2 aromatic rings. The van der Waals surface area contributed by atoms with Crippen LogP contribution >= 0.6 is 0 Å². The van der Waals surface area contributed by atoms with E-state index in [0.29, 0.717) is 24.6 Å². The van der Waals surface area contributed by atoms with Gasteiger partial charge in [-0.25, -0.2) is 0 Å². The van der Waals surface area contributed by atoms with Crippen molar-refractivity contribution in [3.8, 4) is 22.6 Å². The van der Waals surface area contributed by atoms with Crippen LogP contribution in [0.4, 0.5) is 11.4 Å². The van der Waals surface area contributed by atoms with Gasteiger partial charge in [0.2, 0.25) is 0 Å². The standard InChI is InChI=1S/C23H32N2O2/c24-18-10-12-20-21-13-11-19(25)17-23(21)27-15-9-7-5-3-1-2-4-6-8-14-26-22(20)16-18/h10-13,16-17H,1-9,14-15,24-25H2. The van der Waals surface area contributed by atoms with Crippen molar-refractivity contribution in [3.05, 3.63) is 36.4 Å². The lowest BCUT2D eigenvalue weighted by Crippen LogP contribution is -2.02. The van der Waals surface area contributed by atoms with Crippen LogP contribution in [-0.4, -0.2) is 13.2 Å². The molecule has 0 fully saturated rings. The average Bonchev–Trinajstić information content (AvgIpc) is 2.66. The molecule has 0 aromatic heterocycles. The summed E-state index contributed by atoms with van der Waals surface area (Å²) in [5.41, 5.74) is 15.4. The van der Waals surface area contributed by atoms with Gasteiger partial charge >= 0.3 is 0 Å². The highest BCUT2D eigenvalue weighted by molar-refractivity contribution is 5.79. The first kappa shape index (κ1) is 19.4. The number of nitrogens with two attached hydrogens (primary N) is 2. The highest BCUT2D eigenvalue weighted by Gasteiger charge is 2.13. The molecule has 3 rings (SSSR count). The van der Waals surface area contributed by atoms with Crippen molar-refractivity contribution in [2.75, 3.05) is 24.7 Å². The van der Waals surface area contributed by atoms with Gasteiger partial charge in [0, 0.05) is 34.6 Å². The predicted octanol–water partition coefficient (Wildman–Crippen LogP) is 5.80. The minimum absolute atomic E-state index is 0.706. The van der Waals surface area contributed by atoms with Crippen LogP contribution in [-0.2, 0) is 0 Å². The van der Waals surface area contributed by atoms with Gasteiger partial charge in [-0.3, -0.25) is 0 Å². The molecule has 1 aliphatic rings. The molecular formula is C23H32N2O2. The molecule has 146 valence electrons. The SMILES string of the molecule is Nc1ccc2c(c1)OCCCCCCCCCCCOc1cc(N)ccc1-2. The monoisotopic (exact) mass is 368 g/mol. The Hall–Kier alpha value is -2.36. The second-order valence-electron chi connectivity index (χ2n) is 7.39. The zero-order chi connectivity index (χ0) is 18.9. The van der Waals surface area contributed by atoms with Crippen molar-refractivity contribution in [2.24, 2.45) is 0 Å². The molecule has 0 amide bonds. The summed E-state index contributed by atoms with van der Waals surface area (Å²) >= 11 is 0. The summed E-state index contributed by atoms with van der Waals surface area (Å²) in [6.07, 6.45) is 11.1. The first-order valence-electron chi connectivity index (χ1n) is 10.3. The third kappa shape index (κ3) is 5.81. The maximum absolute atomic E-state index is 6.11. The summed E-state index contributed by atoms with van der Waals surface area (Å²) in [5.74, 6) is 1.63. The molecule has 4 nitrogen and oxygen atoms in total. The van der Waals surface area contributed by atoms with Crippen molar-refractivity contribution < 1.29 is 9.47 Å². The normalized spacial score (nSPS) is 16.9. The summed E-state index contributed by atoms with van der Waals surface area (Å²) in [6, 6.07) is 11.7. The highest BCUT2D eigenvalue weighted by atomic mass is 16.5. The van der Waals surface area contributed by atoms with E-state index in [1.165, 1.54) is 44.9 Å². The molecule has 0 unspecified atom stereocenters. The van der Waals surface area contributed by atoms with Crippen LogP contribution in [0.2, 0.25) is 0 Å². The molecule has 0 saturated heterocycles. The molecule has 0 saturated carbocycles. The van der Waals surface area contributed by atoms with Crippen LogP contribution in [0.1, 0.15) is 57.8 Å². The van der Waals surface area contributed by atoms with Gasteiger partial charge in [0.25, 0.3) is 0 Å². The van der Waals surface area contributed by atoms with Gasteiger partial charge in [0.05, 0.1) is 13.2 Å². The lowest BCUT2D eigenvalue weighted by molar-refractivity contribution is 0.303. The molecule has 0 bridgehead atoms. The number of hydrogen-bond acceptors (Lipinski definition) is 4. The zero-order valence-corrected chi connectivity index (χ0v) is 16.2. The van der Waals surface area contributed by atoms with E-state index < -0.39 is 0 Å². The Balaban J connectivity index is 1.86. The molecule has 0 atom stereocenters. The van der Waals surface area contributed by atoms with Crippen LogP contribution in [0, 0.1) is 0 Å². The van der Waals surface area contributed by atoms with Gasteiger partial charge < -0.3 is 20.9 Å². The largest absolute Gasteiger partial charge is 0.493 e. The Morgan fingerprint density at radius 1 is 0.519 bits per heavy atom. The maximum Gasteiger partial charge on any atom is 0.129 e. The van der Waals surface area contributed by atoms with E-state index in [-0.39, 0.29) is 0 Å². The van der Waals surface area contributed by atoms with E-state index >= 15 is 0 Å². The summed E-state index contributed by atoms with van der Waals surface area (Å²) in [6.45, 7) is 1.42. The quantitative estimate of drug-likeness (QED) is 0.577. The van der Waals surface area contributed by atoms with E-state index in [0.717, 1.165) is 35.5 Å². The van der Waals surface area contributed by atoms with Crippen LogP contribution in [0.25, 0.3) is 11.1 Å². The minimum atomic E-state index is 0.706. The van der Waals surface area contributed by atoms with Gasteiger partial charge in [0.1, 0.15) is 11.5 Å². The molecule has 2 aromatic carbocycles. The van der Waals surface area contributed by atoms with Crippen molar-refractivity contribution in [2.45, 2.75) is 57.8 Å². The molecule has 27 heavy (non-hydrogen) atoms. The van der Waals surface area contributed by atoms with Crippen LogP contribution < -0.4 is 20.9 Å². The van der Waals surface area contributed by atoms with E-state index in [1.807, 2.05) is 36.4 Å². The number of ether oxygens (including phenoxy) is 2. The maximum atomic E-state index is 6.11. The summed E-state index contributed by atoms with van der Waals surface area (Å²) in [7, 11) is 0. The van der Waals surface area contributed by atoms with Gasteiger partial charge in [-0.2, -0.15) is 0 Å². The first-order chi connectivity index (χ1) is 13.2. The van der Waals surface area contributed by atoms with Gasteiger partial charge in [-0.05, 0) is 37.1 Å². The molecule has 0 spiro atoms. The number of benzene rings is 2. The smallest absolute Gasteiger partial charge is 0.129 e. The molecular weight excluding hydrogens is 336 g/mol. The molecule has 0 radical (unpaired) electrons. The molecule has 1 heterocycles. The fourth-order valence-corrected chi connectivity index (χ4v) is 3.57. The average molecular weight is 369 g/mol. The van der Waals surface area contributed by atoms with Gasteiger partial charge in [0.15, 0.2) is 0 Å². The minimum Gasteiger partial charge on any atom is -0.493 e. The van der Waals surface area contributed by atoms with Crippen molar-refractivity contribution in [3.63, 3.8) is 0 Å². The van der Waals surface area contributed by atoms with Gasteiger partial charge in [-0.15, -0.1) is 0 Å². The number of fused-ring (bicyclic) bond motifs is 3. The van der Waals surface area contributed by atoms with Crippen molar-refractivity contribution >= 4 is 11.4 Å². The third-order valence-corrected chi connectivity index (χ3v) is 5.11. The van der Waals surface area contributed by atoms with Crippen LogP contribution in [0.3, 0.4) is 0 Å². The van der Waals surface area contributed by atoms with Crippen molar-refractivity contribution in [1.29, 1.82) is 0 Å². The van der Waals surface area contributed by atoms with E-state index in [9.17, 15) is 0 Å². The Morgan fingerprint density at radius 3 is 1.30 bits per heavy atom. The predicted molar refractivity (Wildman–Crippen MR) is 113 cm³/mol. The number of nitrogen functional groups attached to an aromatic ring is 2. The fraction of sp³-hybridized carbons (Fsp3) is 0.478. The summed E-state index contributed by atoms with van der Waals surface area (Å²) in [5, 5.41) is 0. The summed E-state index contributed by atoms with van der Waals surface area (Å²) < 4.78 is 12.2. The van der Waals surface area contributed by atoms with Crippen molar-refractivity contribution in [1.82, 2.24) is 0 Å². The Kier molecular flexibility index (Phi) is 7.26. The third-order valence-electron chi connectivity index (χ3n) is 5.11. The molecule has 0 aliphatic carbocycles. The Bertz CT molecular complexity index is 669. The van der Waals surface area contributed by atoms with Crippen LogP contribution in [0.5, 0.6) is 11.5 Å². The number of anilines is 2. The Morgan fingerprint density at radius 2 is 0.889 bits per heavy atom. The highest BCUT2D eigenvalue weighted by Crippen LogP contribution is 2.39. The van der Waals surface area contributed by atoms with E-state index in [2.05, 4.69) is 0 Å². The number of hydrogen-bond donors (Lipinski definition) is 2. The van der Waals surface area contributed by atoms with Gasteiger partial charge in [-0.1, -0.05) is 44.9 Å². The zero-order valence-electron chi connectivity index (χ0n) is 16.2. The fourth-order valence-electron chi connectivity index (χ4n) is 3.57.